The number of aromatic nitrogens is 2. The van der Waals surface area contributed by atoms with Crippen LogP contribution in [0.1, 0.15) is 45.2 Å². The van der Waals surface area contributed by atoms with Gasteiger partial charge in [-0.3, -0.25) is 4.99 Å². The number of unbranched alkanes of at least 4 members (excludes halogenated alkanes) is 1. The van der Waals surface area contributed by atoms with E-state index in [2.05, 4.69) is 16.0 Å². The van der Waals surface area contributed by atoms with Crippen LogP contribution in [0.15, 0.2) is 47.2 Å². The van der Waals surface area contributed by atoms with Crippen molar-refractivity contribution >= 4 is 11.8 Å². The third-order valence-corrected chi connectivity index (χ3v) is 4.31. The molecule has 0 amide bonds. The van der Waals surface area contributed by atoms with E-state index in [1.54, 1.807) is 0 Å². The summed E-state index contributed by atoms with van der Waals surface area (Å²) in [7, 11) is 0. The van der Waals surface area contributed by atoms with Gasteiger partial charge in [0.1, 0.15) is 5.75 Å². The molecule has 3 N–H and O–H groups in total. The van der Waals surface area contributed by atoms with E-state index < -0.39 is 0 Å². The molecule has 1 atom stereocenters. The molecule has 1 aliphatic rings. The van der Waals surface area contributed by atoms with Crippen LogP contribution < -0.4 is 4.74 Å². The van der Waals surface area contributed by atoms with Gasteiger partial charge in [0.15, 0.2) is 0 Å². The summed E-state index contributed by atoms with van der Waals surface area (Å²) in [6, 6.07) is 6.01. The van der Waals surface area contributed by atoms with Crippen LogP contribution in [-0.4, -0.2) is 33.5 Å². The summed E-state index contributed by atoms with van der Waals surface area (Å²) in [4.78, 5) is 11.3. The molecule has 1 unspecified atom stereocenters. The standard InChI is InChI=1S/C21H27N3O2/c1-3-26-21-14-19(18-9-6-12-22-18)24-20(21)13-17-11-10-16(23-17)8-5-4-7-15(2)25/h6,9-15,22,24-25H,3-5,7-8H2,1-2H3. The van der Waals surface area contributed by atoms with Crippen LogP contribution in [0.2, 0.25) is 0 Å². The molecule has 138 valence electrons. The van der Waals surface area contributed by atoms with Crippen molar-refractivity contribution in [3.05, 3.63) is 47.9 Å². The molecule has 2 aromatic heterocycles. The normalized spacial score (nSPS) is 16.3. The summed E-state index contributed by atoms with van der Waals surface area (Å²) in [5.74, 6) is 0.832. The largest absolute Gasteiger partial charge is 0.492 e. The smallest absolute Gasteiger partial charge is 0.144 e. The molecule has 0 spiro atoms. The Hall–Kier alpha value is -2.53. The maximum absolute atomic E-state index is 9.32. The number of aliphatic imine (C=N–C) groups is 1. The van der Waals surface area contributed by atoms with Gasteiger partial charge in [-0.1, -0.05) is 6.42 Å². The Morgan fingerprint density at radius 2 is 2.15 bits per heavy atom. The van der Waals surface area contributed by atoms with Crippen molar-refractivity contribution in [2.75, 3.05) is 6.61 Å². The fourth-order valence-electron chi connectivity index (χ4n) is 3.01. The molecule has 0 fully saturated rings. The van der Waals surface area contributed by atoms with Crippen molar-refractivity contribution in [1.82, 2.24) is 9.97 Å². The highest BCUT2D eigenvalue weighted by molar-refractivity contribution is 5.99. The molecule has 0 aromatic carbocycles. The highest BCUT2D eigenvalue weighted by Gasteiger charge is 2.12. The SMILES string of the molecule is CCOc1cc(-c2ccc[nH]2)[nH]c1C=C1C=CC(CCCCC(C)O)=N1. The van der Waals surface area contributed by atoms with Crippen molar-refractivity contribution in [2.24, 2.45) is 4.99 Å². The molecule has 0 radical (unpaired) electrons. The summed E-state index contributed by atoms with van der Waals surface area (Å²) in [5.41, 5.74) is 4.97. The second-order valence-corrected chi connectivity index (χ2v) is 6.58. The van der Waals surface area contributed by atoms with Gasteiger partial charge in [0.2, 0.25) is 0 Å². The van der Waals surface area contributed by atoms with Gasteiger partial charge in [0.05, 0.1) is 35.5 Å². The fraction of sp³-hybridized carbons (Fsp3) is 0.381. The molecule has 0 bridgehead atoms. The van der Waals surface area contributed by atoms with Crippen LogP contribution in [0.5, 0.6) is 5.75 Å². The highest BCUT2D eigenvalue weighted by Crippen LogP contribution is 2.29. The molecule has 0 saturated heterocycles. The zero-order valence-corrected chi connectivity index (χ0v) is 15.5. The maximum atomic E-state index is 9.32. The van der Waals surface area contributed by atoms with E-state index in [0.29, 0.717) is 6.61 Å². The first kappa shape index (κ1) is 18.3. The Bertz CT molecular complexity index is 795. The van der Waals surface area contributed by atoms with Crippen LogP contribution in [0.4, 0.5) is 0 Å². The van der Waals surface area contributed by atoms with Gasteiger partial charge in [0.25, 0.3) is 0 Å². The number of hydrogen-bond donors (Lipinski definition) is 3. The van der Waals surface area contributed by atoms with Crippen LogP contribution in [0, 0.1) is 0 Å². The van der Waals surface area contributed by atoms with Crippen molar-refractivity contribution in [2.45, 2.75) is 45.6 Å². The minimum Gasteiger partial charge on any atom is -0.492 e. The third kappa shape index (κ3) is 4.76. The topological polar surface area (TPSA) is 73.4 Å². The Labute approximate surface area is 154 Å². The van der Waals surface area contributed by atoms with Crippen molar-refractivity contribution in [3.8, 4) is 17.1 Å². The van der Waals surface area contributed by atoms with Gasteiger partial charge in [-0.15, -0.1) is 0 Å². The summed E-state index contributed by atoms with van der Waals surface area (Å²) >= 11 is 0. The predicted molar refractivity (Wildman–Crippen MR) is 106 cm³/mol. The Kier molecular flexibility index (Phi) is 6.12. The first-order valence-electron chi connectivity index (χ1n) is 9.30. The number of aliphatic hydroxyl groups is 1. The quantitative estimate of drug-likeness (QED) is 0.572. The van der Waals surface area contributed by atoms with E-state index in [4.69, 9.17) is 9.73 Å². The molecule has 5 nitrogen and oxygen atoms in total. The van der Waals surface area contributed by atoms with Crippen molar-refractivity contribution < 1.29 is 9.84 Å². The van der Waals surface area contributed by atoms with Crippen molar-refractivity contribution in [1.29, 1.82) is 0 Å². The molecule has 1 aliphatic heterocycles. The number of nitrogens with zero attached hydrogens (tertiary/aromatic N) is 1. The lowest BCUT2D eigenvalue weighted by Crippen LogP contribution is -1.99. The zero-order valence-electron chi connectivity index (χ0n) is 15.5. The molecule has 3 rings (SSSR count). The lowest BCUT2D eigenvalue weighted by Gasteiger charge is -2.03. The van der Waals surface area contributed by atoms with Crippen LogP contribution in [0.3, 0.4) is 0 Å². The third-order valence-electron chi connectivity index (χ3n) is 4.31. The summed E-state index contributed by atoms with van der Waals surface area (Å²) < 4.78 is 5.77. The minimum absolute atomic E-state index is 0.217. The Morgan fingerprint density at radius 3 is 2.88 bits per heavy atom. The number of H-pyrrole nitrogens is 2. The highest BCUT2D eigenvalue weighted by atomic mass is 16.5. The van der Waals surface area contributed by atoms with Crippen molar-refractivity contribution in [3.63, 3.8) is 0 Å². The minimum atomic E-state index is -0.217. The number of aromatic amines is 2. The summed E-state index contributed by atoms with van der Waals surface area (Å²) in [6.45, 7) is 4.44. The number of hydrogen-bond acceptors (Lipinski definition) is 3. The second-order valence-electron chi connectivity index (χ2n) is 6.58. The Balaban J connectivity index is 1.70. The molecule has 5 heteroatoms. The fourth-order valence-corrected chi connectivity index (χ4v) is 3.01. The van der Waals surface area contributed by atoms with Gasteiger partial charge in [-0.05, 0) is 63.5 Å². The average Bonchev–Trinajstić information content (AvgIpc) is 3.34. The molecule has 0 aliphatic carbocycles. The second kappa shape index (κ2) is 8.72. The Morgan fingerprint density at radius 1 is 1.27 bits per heavy atom. The number of rotatable bonds is 9. The molecule has 2 aromatic rings. The van der Waals surface area contributed by atoms with Crippen LogP contribution in [-0.2, 0) is 0 Å². The molecular weight excluding hydrogens is 326 g/mol. The number of aliphatic hydroxyl groups excluding tert-OH is 1. The van der Waals surface area contributed by atoms with Crippen LogP contribution in [0.25, 0.3) is 17.5 Å². The summed E-state index contributed by atoms with van der Waals surface area (Å²) in [6.07, 6.45) is 11.7. The number of ether oxygens (including phenoxy) is 1. The van der Waals surface area contributed by atoms with Gasteiger partial charge in [0, 0.05) is 18.0 Å². The lowest BCUT2D eigenvalue weighted by molar-refractivity contribution is 0.181. The van der Waals surface area contributed by atoms with Gasteiger partial charge >= 0.3 is 0 Å². The zero-order chi connectivity index (χ0) is 18.4. The predicted octanol–water partition coefficient (Wildman–Crippen LogP) is 4.70. The van der Waals surface area contributed by atoms with E-state index in [-0.39, 0.29) is 6.10 Å². The van der Waals surface area contributed by atoms with E-state index in [9.17, 15) is 5.11 Å². The average molecular weight is 353 g/mol. The first-order chi connectivity index (χ1) is 12.7. The molecule has 26 heavy (non-hydrogen) atoms. The number of nitrogens with one attached hydrogen (secondary N) is 2. The van der Waals surface area contributed by atoms with E-state index in [0.717, 1.165) is 59.9 Å². The first-order valence-corrected chi connectivity index (χ1v) is 9.30. The maximum Gasteiger partial charge on any atom is 0.144 e. The van der Waals surface area contributed by atoms with E-state index >= 15 is 0 Å². The van der Waals surface area contributed by atoms with E-state index in [1.807, 2.05) is 50.4 Å². The van der Waals surface area contributed by atoms with Gasteiger partial charge < -0.3 is 19.8 Å². The monoisotopic (exact) mass is 353 g/mol. The molecular formula is C21H27N3O2. The van der Waals surface area contributed by atoms with Crippen LogP contribution >= 0.6 is 0 Å². The van der Waals surface area contributed by atoms with E-state index in [1.165, 1.54) is 0 Å². The molecule has 0 saturated carbocycles. The lowest BCUT2D eigenvalue weighted by atomic mass is 10.1. The number of allylic oxidation sites excluding steroid dienone is 2. The molecule has 3 heterocycles. The van der Waals surface area contributed by atoms with Gasteiger partial charge in [-0.2, -0.15) is 0 Å². The summed E-state index contributed by atoms with van der Waals surface area (Å²) in [5, 5.41) is 9.32. The van der Waals surface area contributed by atoms with Gasteiger partial charge in [-0.25, -0.2) is 0 Å².